The molecule has 1 aliphatic heterocycles. The van der Waals surface area contributed by atoms with Crippen LogP contribution in [0.25, 0.3) is 11.5 Å². The Morgan fingerprint density at radius 2 is 1.81 bits per heavy atom. The molecule has 0 spiro atoms. The van der Waals surface area contributed by atoms with Crippen molar-refractivity contribution in [3.63, 3.8) is 0 Å². The van der Waals surface area contributed by atoms with Crippen LogP contribution in [-0.2, 0) is 20.3 Å². The van der Waals surface area contributed by atoms with Crippen LogP contribution in [0.2, 0.25) is 0 Å². The van der Waals surface area contributed by atoms with Crippen molar-refractivity contribution in [3.05, 3.63) is 30.1 Å². The van der Waals surface area contributed by atoms with Gasteiger partial charge in [0.2, 0.25) is 10.0 Å². The number of nitrogens with zero attached hydrogens (tertiary/aromatic N) is 3. The minimum atomic E-state index is -3.67. The zero-order chi connectivity index (χ0) is 18.2. The van der Waals surface area contributed by atoms with Gasteiger partial charge in [-0.15, -0.1) is 0 Å². The summed E-state index contributed by atoms with van der Waals surface area (Å²) in [5, 5.41) is 4.04. The molecule has 9 heteroatoms. The molecule has 0 unspecified atom stereocenters. The third kappa shape index (κ3) is 3.05. The summed E-state index contributed by atoms with van der Waals surface area (Å²) in [6.45, 7) is 1.44. The highest BCUT2D eigenvalue weighted by atomic mass is 32.2. The quantitative estimate of drug-likeness (QED) is 0.858. The average Bonchev–Trinajstić information content (AvgIpc) is 3.33. The molecule has 26 heavy (non-hydrogen) atoms. The Bertz CT molecular complexity index is 884. The zero-order valence-electron chi connectivity index (χ0n) is 14.4. The molecule has 8 nitrogen and oxygen atoms in total. The first-order valence-corrected chi connectivity index (χ1v) is 10.3. The molecule has 2 aliphatic rings. The molecule has 2 heterocycles. The number of ether oxygens (including phenoxy) is 1. The molecule has 1 aromatic heterocycles. The Hall–Kier alpha value is -1.81. The molecule has 1 saturated carbocycles. The number of aromatic nitrogens is 2. The van der Waals surface area contributed by atoms with Crippen molar-refractivity contribution in [2.75, 3.05) is 26.3 Å². The molecule has 1 aromatic carbocycles. The van der Waals surface area contributed by atoms with Gasteiger partial charge in [-0.05, 0) is 25.0 Å². The molecule has 2 fully saturated rings. The van der Waals surface area contributed by atoms with Crippen LogP contribution in [0.3, 0.4) is 0 Å². The molecule has 4 rings (SSSR count). The molecule has 0 atom stereocenters. The number of hydrogen-bond donors (Lipinski definition) is 1. The fourth-order valence-electron chi connectivity index (χ4n) is 3.56. The number of sulfonamides is 1. The lowest BCUT2D eigenvalue weighted by Gasteiger charge is -2.26. The number of rotatable bonds is 4. The van der Waals surface area contributed by atoms with Gasteiger partial charge in [-0.1, -0.05) is 30.1 Å². The largest absolute Gasteiger partial charge is 0.379 e. The summed E-state index contributed by atoms with van der Waals surface area (Å²) in [5.74, 6) is 0.632. The van der Waals surface area contributed by atoms with E-state index in [9.17, 15) is 8.42 Å². The summed E-state index contributed by atoms with van der Waals surface area (Å²) < 4.78 is 38.2. The number of benzene rings is 1. The predicted octanol–water partition coefficient (Wildman–Crippen LogP) is 1.49. The lowest BCUT2D eigenvalue weighted by molar-refractivity contribution is 0.0730. The maximum atomic E-state index is 13.1. The first-order valence-electron chi connectivity index (χ1n) is 8.81. The van der Waals surface area contributed by atoms with Gasteiger partial charge in [-0.3, -0.25) is 0 Å². The normalized spacial score (nSPS) is 21.1. The van der Waals surface area contributed by atoms with Gasteiger partial charge >= 0.3 is 0 Å². The van der Waals surface area contributed by atoms with E-state index in [2.05, 4.69) is 10.1 Å². The summed E-state index contributed by atoms with van der Waals surface area (Å²) in [4.78, 5) is 4.60. The second kappa shape index (κ2) is 6.73. The van der Waals surface area contributed by atoms with Gasteiger partial charge < -0.3 is 15.0 Å². The Morgan fingerprint density at radius 1 is 1.12 bits per heavy atom. The van der Waals surface area contributed by atoms with Crippen molar-refractivity contribution in [1.82, 2.24) is 14.4 Å². The topological polar surface area (TPSA) is 112 Å². The van der Waals surface area contributed by atoms with Crippen molar-refractivity contribution in [2.45, 2.75) is 36.1 Å². The number of hydrogen-bond acceptors (Lipinski definition) is 7. The fraction of sp³-hybridized carbons (Fsp3) is 0.529. The van der Waals surface area contributed by atoms with E-state index in [1.54, 1.807) is 24.3 Å². The summed E-state index contributed by atoms with van der Waals surface area (Å²) in [5.41, 5.74) is 6.21. The summed E-state index contributed by atoms with van der Waals surface area (Å²) in [6, 6.07) is 6.70. The van der Waals surface area contributed by atoms with Crippen LogP contribution in [0.5, 0.6) is 0 Å². The lowest BCUT2D eigenvalue weighted by atomic mass is 9.99. The van der Waals surface area contributed by atoms with Crippen LogP contribution in [0.4, 0.5) is 0 Å². The van der Waals surface area contributed by atoms with Crippen molar-refractivity contribution in [3.8, 4) is 11.5 Å². The Balaban J connectivity index is 1.71. The smallest absolute Gasteiger partial charge is 0.259 e. The second-order valence-corrected chi connectivity index (χ2v) is 8.71. The van der Waals surface area contributed by atoms with E-state index in [0.29, 0.717) is 37.7 Å². The van der Waals surface area contributed by atoms with Gasteiger partial charge in [-0.25, -0.2) is 8.42 Å². The van der Waals surface area contributed by atoms with Crippen molar-refractivity contribution < 1.29 is 17.7 Å². The molecule has 0 radical (unpaired) electrons. The van der Waals surface area contributed by atoms with Crippen LogP contribution >= 0.6 is 0 Å². The molecule has 0 amide bonds. The fourth-order valence-corrected chi connectivity index (χ4v) is 5.15. The van der Waals surface area contributed by atoms with E-state index in [1.165, 1.54) is 4.31 Å². The SMILES string of the molecule is NC1(c2noc(-c3ccccc3S(=O)(=O)N3CCOCC3)n2)CCCC1. The molecule has 2 aromatic rings. The third-order valence-electron chi connectivity index (χ3n) is 5.07. The molecular weight excluding hydrogens is 356 g/mol. The van der Waals surface area contributed by atoms with E-state index in [1.807, 2.05) is 0 Å². The van der Waals surface area contributed by atoms with Gasteiger partial charge in [0.25, 0.3) is 5.89 Å². The average molecular weight is 378 g/mol. The number of morpholine rings is 1. The highest BCUT2D eigenvalue weighted by Gasteiger charge is 2.37. The first-order chi connectivity index (χ1) is 12.5. The van der Waals surface area contributed by atoms with Crippen LogP contribution in [0.15, 0.2) is 33.7 Å². The van der Waals surface area contributed by atoms with Crippen molar-refractivity contribution >= 4 is 10.0 Å². The van der Waals surface area contributed by atoms with Crippen molar-refractivity contribution in [2.24, 2.45) is 5.73 Å². The highest BCUT2D eigenvalue weighted by molar-refractivity contribution is 7.89. The van der Waals surface area contributed by atoms with Crippen LogP contribution in [-0.4, -0.2) is 49.2 Å². The predicted molar refractivity (Wildman–Crippen MR) is 93.6 cm³/mol. The van der Waals surface area contributed by atoms with Gasteiger partial charge in [-0.2, -0.15) is 9.29 Å². The van der Waals surface area contributed by atoms with Crippen molar-refractivity contribution in [1.29, 1.82) is 0 Å². The monoisotopic (exact) mass is 378 g/mol. The van der Waals surface area contributed by atoms with Crippen LogP contribution in [0, 0.1) is 0 Å². The maximum Gasteiger partial charge on any atom is 0.259 e. The second-order valence-electron chi connectivity index (χ2n) is 6.80. The summed E-state index contributed by atoms with van der Waals surface area (Å²) >= 11 is 0. The zero-order valence-corrected chi connectivity index (χ0v) is 15.2. The van der Waals surface area contributed by atoms with Gasteiger partial charge in [0.1, 0.15) is 0 Å². The summed E-state index contributed by atoms with van der Waals surface area (Å²) in [7, 11) is -3.67. The van der Waals surface area contributed by atoms with E-state index >= 15 is 0 Å². The molecule has 140 valence electrons. The van der Waals surface area contributed by atoms with Gasteiger partial charge in [0, 0.05) is 13.1 Å². The molecule has 2 N–H and O–H groups in total. The minimum Gasteiger partial charge on any atom is -0.379 e. The molecule has 1 saturated heterocycles. The third-order valence-corrected chi connectivity index (χ3v) is 7.03. The van der Waals surface area contributed by atoms with E-state index in [0.717, 1.165) is 25.7 Å². The maximum absolute atomic E-state index is 13.1. The Labute approximate surface area is 152 Å². The Kier molecular flexibility index (Phi) is 4.55. The lowest BCUT2D eigenvalue weighted by Crippen LogP contribution is -2.40. The minimum absolute atomic E-state index is 0.162. The van der Waals surface area contributed by atoms with E-state index < -0.39 is 15.6 Å². The summed E-state index contributed by atoms with van der Waals surface area (Å²) in [6.07, 6.45) is 3.67. The molecule has 0 bridgehead atoms. The first kappa shape index (κ1) is 17.6. The van der Waals surface area contributed by atoms with Crippen LogP contribution in [0.1, 0.15) is 31.5 Å². The van der Waals surface area contributed by atoms with Gasteiger partial charge in [0.15, 0.2) is 5.82 Å². The highest BCUT2D eigenvalue weighted by Crippen LogP contribution is 2.36. The molecular formula is C17H22N4O4S. The molecule has 1 aliphatic carbocycles. The van der Waals surface area contributed by atoms with Gasteiger partial charge in [0.05, 0.1) is 29.2 Å². The Morgan fingerprint density at radius 3 is 2.54 bits per heavy atom. The van der Waals surface area contributed by atoms with Crippen LogP contribution < -0.4 is 5.73 Å². The van der Waals surface area contributed by atoms with E-state index in [-0.39, 0.29) is 10.8 Å². The number of nitrogens with two attached hydrogens (primary N) is 1. The van der Waals surface area contributed by atoms with E-state index in [4.69, 9.17) is 15.0 Å². The standard InChI is InChI=1S/C17H22N4O4S/c18-17(7-3-4-8-17)16-19-15(25-20-16)13-5-1-2-6-14(13)26(22,23)21-9-11-24-12-10-21/h1-2,5-6H,3-4,7-12,18H2.